The number of aliphatic imine (C=N–C) groups is 1. The van der Waals surface area contributed by atoms with Crippen molar-refractivity contribution in [2.45, 2.75) is 57.8 Å². The number of benzene rings is 1. The van der Waals surface area contributed by atoms with E-state index in [0.29, 0.717) is 48.0 Å². The second-order valence-corrected chi connectivity index (χ2v) is 9.23. The zero-order valence-electron chi connectivity index (χ0n) is 22.2. The molecule has 1 atom stereocenters. The summed E-state index contributed by atoms with van der Waals surface area (Å²) in [5, 5.41) is 6.04. The van der Waals surface area contributed by atoms with Crippen molar-refractivity contribution in [2.24, 2.45) is 10.9 Å². The molecule has 0 spiro atoms. The number of methoxy groups -OCH3 is 3. The predicted molar refractivity (Wildman–Crippen MR) is 143 cm³/mol. The number of aromatic nitrogens is 1. The fraction of sp³-hybridized carbons (Fsp3) is 0.500. The number of hydrogen-bond donors (Lipinski definition) is 2. The first-order valence-corrected chi connectivity index (χ1v) is 12.7. The fourth-order valence-corrected chi connectivity index (χ4v) is 4.09. The van der Waals surface area contributed by atoms with Gasteiger partial charge in [0.1, 0.15) is 5.75 Å². The maximum Gasteiger partial charge on any atom is 0.252 e. The normalized spacial score (nSPS) is 14.1. The minimum Gasteiger partial charge on any atom is -0.496 e. The van der Waals surface area contributed by atoms with E-state index in [1.807, 2.05) is 25.1 Å². The van der Waals surface area contributed by atoms with Crippen molar-refractivity contribution in [2.75, 3.05) is 27.9 Å². The van der Waals surface area contributed by atoms with E-state index in [1.165, 1.54) is 19.0 Å². The second kappa shape index (κ2) is 14.4. The first kappa shape index (κ1) is 28.3. The predicted octanol–water partition coefficient (Wildman–Crippen LogP) is 4.22. The highest BCUT2D eigenvalue weighted by molar-refractivity contribution is 5.96. The number of pyridine rings is 1. The quantitative estimate of drug-likeness (QED) is 0.211. The van der Waals surface area contributed by atoms with Gasteiger partial charge in [0.05, 0.1) is 12.7 Å². The third kappa shape index (κ3) is 8.94. The van der Waals surface area contributed by atoms with Gasteiger partial charge in [0.2, 0.25) is 0 Å². The van der Waals surface area contributed by atoms with E-state index >= 15 is 0 Å². The summed E-state index contributed by atoms with van der Waals surface area (Å²) in [6, 6.07) is 8.89. The molecule has 37 heavy (non-hydrogen) atoms. The van der Waals surface area contributed by atoms with E-state index in [1.54, 1.807) is 39.7 Å². The Morgan fingerprint density at radius 2 is 1.92 bits per heavy atom. The summed E-state index contributed by atoms with van der Waals surface area (Å²) < 4.78 is 15.6. The SMILES string of the molecule is COc1cccc(C(=O)NC(CC=Nc2ccc(C(=O)NCCCC(OC)OC)cn2)CC2CC2)c1C. The molecule has 2 N–H and O–H groups in total. The minimum absolute atomic E-state index is 0.0183. The highest BCUT2D eigenvalue weighted by Gasteiger charge is 2.26. The first-order valence-electron chi connectivity index (χ1n) is 12.7. The Bertz CT molecular complexity index is 1050. The fourth-order valence-electron chi connectivity index (χ4n) is 4.09. The summed E-state index contributed by atoms with van der Waals surface area (Å²) in [6.45, 7) is 2.41. The summed E-state index contributed by atoms with van der Waals surface area (Å²) in [7, 11) is 4.79. The number of rotatable bonds is 15. The van der Waals surface area contributed by atoms with Gasteiger partial charge < -0.3 is 24.8 Å². The third-order valence-corrected chi connectivity index (χ3v) is 6.45. The van der Waals surface area contributed by atoms with Crippen LogP contribution in [0.15, 0.2) is 41.5 Å². The smallest absolute Gasteiger partial charge is 0.252 e. The van der Waals surface area contributed by atoms with Crippen molar-refractivity contribution in [1.29, 1.82) is 0 Å². The lowest BCUT2D eigenvalue weighted by Crippen LogP contribution is -2.36. The van der Waals surface area contributed by atoms with Crippen LogP contribution in [0, 0.1) is 12.8 Å². The van der Waals surface area contributed by atoms with Gasteiger partial charge in [0.25, 0.3) is 11.8 Å². The molecule has 2 aromatic rings. The summed E-state index contributed by atoms with van der Waals surface area (Å²) >= 11 is 0. The molecule has 0 bridgehead atoms. The largest absolute Gasteiger partial charge is 0.496 e. The van der Waals surface area contributed by atoms with Crippen molar-refractivity contribution >= 4 is 23.8 Å². The lowest BCUT2D eigenvalue weighted by Gasteiger charge is -2.18. The van der Waals surface area contributed by atoms with Gasteiger partial charge in [-0.25, -0.2) is 9.98 Å². The van der Waals surface area contributed by atoms with Gasteiger partial charge in [-0.05, 0) is 49.9 Å². The Balaban J connectivity index is 1.51. The molecule has 2 amide bonds. The number of carbonyl (C=O) groups excluding carboxylic acids is 2. The van der Waals surface area contributed by atoms with E-state index in [9.17, 15) is 9.59 Å². The molecule has 1 aromatic carbocycles. The van der Waals surface area contributed by atoms with Crippen LogP contribution in [-0.2, 0) is 9.47 Å². The van der Waals surface area contributed by atoms with Crippen LogP contribution >= 0.6 is 0 Å². The van der Waals surface area contributed by atoms with Crippen LogP contribution in [0.25, 0.3) is 0 Å². The minimum atomic E-state index is -0.265. The number of nitrogens with one attached hydrogen (secondary N) is 2. The number of carbonyl (C=O) groups is 2. The zero-order valence-corrected chi connectivity index (χ0v) is 22.2. The molecule has 0 saturated heterocycles. The van der Waals surface area contributed by atoms with Crippen LogP contribution in [0.3, 0.4) is 0 Å². The Hall–Kier alpha value is -3.30. The molecular weight excluding hydrogens is 472 g/mol. The van der Waals surface area contributed by atoms with Crippen molar-refractivity contribution in [3.8, 4) is 5.75 Å². The summed E-state index contributed by atoms with van der Waals surface area (Å²) in [5.41, 5.74) is 1.91. The van der Waals surface area contributed by atoms with Gasteiger partial charge in [-0.1, -0.05) is 18.9 Å². The van der Waals surface area contributed by atoms with E-state index in [0.717, 1.165) is 18.4 Å². The highest BCUT2D eigenvalue weighted by Crippen LogP contribution is 2.34. The van der Waals surface area contributed by atoms with Gasteiger partial charge >= 0.3 is 0 Å². The second-order valence-electron chi connectivity index (χ2n) is 9.23. The number of amides is 2. The van der Waals surface area contributed by atoms with Gasteiger partial charge in [-0.2, -0.15) is 0 Å². The Labute approximate surface area is 219 Å². The van der Waals surface area contributed by atoms with Crippen molar-refractivity contribution in [1.82, 2.24) is 15.6 Å². The van der Waals surface area contributed by atoms with Crippen LogP contribution < -0.4 is 15.4 Å². The van der Waals surface area contributed by atoms with Crippen molar-refractivity contribution < 1.29 is 23.8 Å². The standard InChI is InChI=1S/C28H38N4O5/c1-19-23(7-5-8-24(19)35-2)28(34)32-22(17-20-10-11-20)14-16-29-25-13-12-21(18-31-25)27(33)30-15-6-9-26(36-3)37-4/h5,7-8,12-13,16,18,20,22,26H,6,9-11,14-15,17H2,1-4H3,(H,30,33)(H,32,34). The Morgan fingerprint density at radius 1 is 1.14 bits per heavy atom. The number of ether oxygens (including phenoxy) is 3. The lowest BCUT2D eigenvalue weighted by atomic mass is 10.0. The zero-order chi connectivity index (χ0) is 26.6. The van der Waals surface area contributed by atoms with E-state index in [4.69, 9.17) is 14.2 Å². The number of nitrogens with zero attached hydrogens (tertiary/aromatic N) is 2. The Morgan fingerprint density at radius 3 is 2.57 bits per heavy atom. The highest BCUT2D eigenvalue weighted by atomic mass is 16.7. The maximum absolute atomic E-state index is 13.0. The summed E-state index contributed by atoms with van der Waals surface area (Å²) in [6.07, 6.45) is 8.39. The molecular formula is C28H38N4O5. The molecule has 0 aliphatic heterocycles. The van der Waals surface area contributed by atoms with Crippen LogP contribution in [0.4, 0.5) is 5.82 Å². The van der Waals surface area contributed by atoms with E-state index < -0.39 is 0 Å². The lowest BCUT2D eigenvalue weighted by molar-refractivity contribution is -0.106. The van der Waals surface area contributed by atoms with Gasteiger partial charge in [0.15, 0.2) is 12.1 Å². The van der Waals surface area contributed by atoms with E-state index in [-0.39, 0.29) is 24.1 Å². The monoisotopic (exact) mass is 510 g/mol. The van der Waals surface area contributed by atoms with Gasteiger partial charge in [-0.3, -0.25) is 9.59 Å². The first-order chi connectivity index (χ1) is 17.9. The molecule has 1 aliphatic rings. The molecule has 3 rings (SSSR count). The van der Waals surface area contributed by atoms with Crippen molar-refractivity contribution in [3.63, 3.8) is 0 Å². The summed E-state index contributed by atoms with van der Waals surface area (Å²) in [5.74, 6) is 1.57. The molecule has 9 nitrogen and oxygen atoms in total. The third-order valence-electron chi connectivity index (χ3n) is 6.45. The molecule has 1 fully saturated rings. The molecule has 200 valence electrons. The van der Waals surface area contributed by atoms with Gasteiger partial charge in [0, 0.05) is 63.2 Å². The molecule has 1 unspecified atom stereocenters. The topological polar surface area (TPSA) is 111 Å². The molecule has 1 aliphatic carbocycles. The van der Waals surface area contributed by atoms with E-state index in [2.05, 4.69) is 20.6 Å². The molecule has 1 saturated carbocycles. The Kier molecular flexibility index (Phi) is 11.0. The van der Waals surface area contributed by atoms with Crippen LogP contribution in [0.5, 0.6) is 5.75 Å². The number of hydrogen-bond acceptors (Lipinski definition) is 7. The van der Waals surface area contributed by atoms with Crippen LogP contribution in [0.2, 0.25) is 0 Å². The van der Waals surface area contributed by atoms with Crippen LogP contribution in [-0.4, -0.2) is 63.2 Å². The molecule has 1 heterocycles. The average Bonchev–Trinajstić information content (AvgIpc) is 3.73. The maximum atomic E-state index is 13.0. The molecule has 9 heteroatoms. The summed E-state index contributed by atoms with van der Waals surface area (Å²) in [4.78, 5) is 34.0. The molecule has 1 aromatic heterocycles. The average molecular weight is 511 g/mol. The van der Waals surface area contributed by atoms with Crippen LogP contribution in [0.1, 0.15) is 64.8 Å². The van der Waals surface area contributed by atoms with Gasteiger partial charge in [-0.15, -0.1) is 0 Å². The molecule has 0 radical (unpaired) electrons. The van der Waals surface area contributed by atoms with Crippen molar-refractivity contribution in [3.05, 3.63) is 53.2 Å².